The molecule has 1 aliphatic heterocycles. The average molecular weight is 285 g/mol. The Morgan fingerprint density at radius 3 is 2.89 bits per heavy atom. The van der Waals surface area contributed by atoms with E-state index in [1.54, 1.807) is 12.3 Å². The van der Waals surface area contributed by atoms with E-state index in [-0.39, 0.29) is 11.1 Å². The van der Waals surface area contributed by atoms with Crippen molar-refractivity contribution < 1.29 is 13.2 Å². The molecule has 1 saturated heterocycles. The van der Waals surface area contributed by atoms with Gasteiger partial charge in [-0.3, -0.25) is 0 Å². The summed E-state index contributed by atoms with van der Waals surface area (Å²) in [6.07, 6.45) is 2.29. The van der Waals surface area contributed by atoms with E-state index < -0.39 is 10.0 Å². The predicted molar refractivity (Wildman–Crippen MR) is 71.2 cm³/mol. The largest absolute Gasteiger partial charge is 0.380 e. The standard InChI is InChI=1S/C12H19N3O3S/c1-2-13-7-10-3-4-12(14-8-10)19(16,17)15-11-5-6-18-9-11/h3-4,8,11,13,15H,2,5-7,9H2,1H3. The van der Waals surface area contributed by atoms with Crippen molar-refractivity contribution in [2.75, 3.05) is 19.8 Å². The molecule has 0 aromatic carbocycles. The van der Waals surface area contributed by atoms with Gasteiger partial charge in [-0.1, -0.05) is 13.0 Å². The first-order valence-corrected chi connectivity index (χ1v) is 7.86. The van der Waals surface area contributed by atoms with Gasteiger partial charge >= 0.3 is 0 Å². The first-order valence-electron chi connectivity index (χ1n) is 6.37. The number of nitrogens with one attached hydrogen (secondary N) is 2. The first kappa shape index (κ1) is 14.4. The summed E-state index contributed by atoms with van der Waals surface area (Å²) < 4.78 is 31.9. The van der Waals surface area contributed by atoms with E-state index in [1.165, 1.54) is 6.07 Å². The van der Waals surface area contributed by atoms with Crippen LogP contribution in [0.15, 0.2) is 23.4 Å². The summed E-state index contributed by atoms with van der Waals surface area (Å²) in [6.45, 7) is 4.59. The Morgan fingerprint density at radius 1 is 1.47 bits per heavy atom. The lowest BCUT2D eigenvalue weighted by Gasteiger charge is -2.11. The van der Waals surface area contributed by atoms with Crippen molar-refractivity contribution in [3.05, 3.63) is 23.9 Å². The van der Waals surface area contributed by atoms with Crippen LogP contribution in [0.5, 0.6) is 0 Å². The number of rotatable bonds is 6. The summed E-state index contributed by atoms with van der Waals surface area (Å²) >= 11 is 0. The Labute approximate surface area is 113 Å². The van der Waals surface area contributed by atoms with E-state index in [2.05, 4.69) is 15.0 Å². The SMILES string of the molecule is CCNCc1ccc(S(=O)(=O)NC2CCOC2)nc1. The molecule has 1 aliphatic rings. The molecule has 0 spiro atoms. The molecule has 0 aliphatic carbocycles. The van der Waals surface area contributed by atoms with Crippen LogP contribution in [-0.2, 0) is 21.3 Å². The van der Waals surface area contributed by atoms with E-state index in [4.69, 9.17) is 4.74 Å². The van der Waals surface area contributed by atoms with Crippen molar-refractivity contribution in [3.8, 4) is 0 Å². The fourth-order valence-corrected chi connectivity index (χ4v) is 3.04. The lowest BCUT2D eigenvalue weighted by Crippen LogP contribution is -2.35. The number of nitrogens with zero attached hydrogens (tertiary/aromatic N) is 1. The molecule has 1 fully saturated rings. The van der Waals surface area contributed by atoms with Crippen LogP contribution >= 0.6 is 0 Å². The van der Waals surface area contributed by atoms with Crippen LogP contribution in [0.25, 0.3) is 0 Å². The fourth-order valence-electron chi connectivity index (χ4n) is 1.85. The maximum Gasteiger partial charge on any atom is 0.258 e. The predicted octanol–water partition coefficient (Wildman–Crippen LogP) is 0.258. The zero-order valence-corrected chi connectivity index (χ0v) is 11.7. The summed E-state index contributed by atoms with van der Waals surface area (Å²) in [5.74, 6) is 0. The van der Waals surface area contributed by atoms with Crippen LogP contribution in [0.2, 0.25) is 0 Å². The summed E-state index contributed by atoms with van der Waals surface area (Å²) in [5.41, 5.74) is 0.963. The Morgan fingerprint density at radius 2 is 2.32 bits per heavy atom. The topological polar surface area (TPSA) is 80.3 Å². The van der Waals surface area contributed by atoms with E-state index in [1.807, 2.05) is 6.92 Å². The molecule has 2 rings (SSSR count). The third-order valence-corrected chi connectivity index (χ3v) is 4.34. The van der Waals surface area contributed by atoms with Gasteiger partial charge in [-0.05, 0) is 24.6 Å². The van der Waals surface area contributed by atoms with Gasteiger partial charge < -0.3 is 10.1 Å². The van der Waals surface area contributed by atoms with Crippen LogP contribution in [-0.4, -0.2) is 39.2 Å². The molecule has 1 aromatic heterocycles. The second-order valence-electron chi connectivity index (χ2n) is 4.47. The highest BCUT2D eigenvalue weighted by Crippen LogP contribution is 2.11. The maximum absolute atomic E-state index is 12.1. The molecule has 0 bridgehead atoms. The van der Waals surface area contributed by atoms with Crippen LogP contribution in [0.1, 0.15) is 18.9 Å². The van der Waals surface area contributed by atoms with Gasteiger partial charge in [0.05, 0.1) is 6.61 Å². The Balaban J connectivity index is 2.03. The molecule has 0 amide bonds. The summed E-state index contributed by atoms with van der Waals surface area (Å²) in [6, 6.07) is 3.16. The van der Waals surface area contributed by atoms with Crippen molar-refractivity contribution in [2.45, 2.75) is 31.0 Å². The van der Waals surface area contributed by atoms with E-state index in [0.29, 0.717) is 26.2 Å². The second kappa shape index (κ2) is 6.42. The highest BCUT2D eigenvalue weighted by Gasteiger charge is 2.24. The number of hydrogen-bond donors (Lipinski definition) is 2. The van der Waals surface area contributed by atoms with Crippen molar-refractivity contribution in [3.63, 3.8) is 0 Å². The Kier molecular flexibility index (Phi) is 4.87. The number of sulfonamides is 1. The number of hydrogen-bond acceptors (Lipinski definition) is 5. The zero-order valence-electron chi connectivity index (χ0n) is 10.9. The highest BCUT2D eigenvalue weighted by molar-refractivity contribution is 7.89. The molecule has 0 saturated carbocycles. The molecular formula is C12H19N3O3S. The fraction of sp³-hybridized carbons (Fsp3) is 0.583. The molecule has 106 valence electrons. The minimum atomic E-state index is -3.54. The van der Waals surface area contributed by atoms with Crippen LogP contribution in [0.3, 0.4) is 0 Å². The molecule has 1 unspecified atom stereocenters. The smallest absolute Gasteiger partial charge is 0.258 e. The Bertz CT molecular complexity index is 495. The minimum Gasteiger partial charge on any atom is -0.380 e. The van der Waals surface area contributed by atoms with Gasteiger partial charge in [0.2, 0.25) is 0 Å². The Hall–Kier alpha value is -1.02. The molecule has 1 atom stereocenters. The lowest BCUT2D eigenvalue weighted by molar-refractivity contribution is 0.192. The van der Waals surface area contributed by atoms with E-state index >= 15 is 0 Å². The van der Waals surface area contributed by atoms with Gasteiger partial charge in [-0.15, -0.1) is 0 Å². The maximum atomic E-state index is 12.1. The molecule has 2 N–H and O–H groups in total. The second-order valence-corrected chi connectivity index (χ2v) is 6.13. The molecule has 1 aromatic rings. The third kappa shape index (κ3) is 3.97. The molecule has 7 heteroatoms. The molecule has 6 nitrogen and oxygen atoms in total. The molecule has 2 heterocycles. The van der Waals surface area contributed by atoms with Gasteiger partial charge in [0.25, 0.3) is 10.0 Å². The van der Waals surface area contributed by atoms with E-state index in [9.17, 15) is 8.42 Å². The van der Waals surface area contributed by atoms with Gasteiger partial charge in [-0.25, -0.2) is 18.1 Å². The van der Waals surface area contributed by atoms with E-state index in [0.717, 1.165) is 12.1 Å². The average Bonchev–Trinajstić information content (AvgIpc) is 2.89. The third-order valence-electron chi connectivity index (χ3n) is 2.90. The van der Waals surface area contributed by atoms with Crippen LogP contribution in [0, 0.1) is 0 Å². The van der Waals surface area contributed by atoms with Gasteiger partial charge in [0.1, 0.15) is 0 Å². The zero-order chi connectivity index (χ0) is 13.7. The first-order chi connectivity index (χ1) is 9.12. The summed E-state index contributed by atoms with van der Waals surface area (Å²) in [7, 11) is -3.54. The number of pyridine rings is 1. The van der Waals surface area contributed by atoms with Crippen molar-refractivity contribution >= 4 is 10.0 Å². The van der Waals surface area contributed by atoms with Gasteiger partial charge in [0, 0.05) is 25.4 Å². The number of ether oxygens (including phenoxy) is 1. The normalized spacial score (nSPS) is 19.7. The van der Waals surface area contributed by atoms with Crippen LogP contribution < -0.4 is 10.0 Å². The summed E-state index contributed by atoms with van der Waals surface area (Å²) in [5, 5.41) is 3.22. The quantitative estimate of drug-likeness (QED) is 0.783. The monoisotopic (exact) mass is 285 g/mol. The lowest BCUT2D eigenvalue weighted by atomic mass is 10.3. The van der Waals surface area contributed by atoms with Crippen molar-refractivity contribution in [1.82, 2.24) is 15.0 Å². The molecular weight excluding hydrogens is 266 g/mol. The van der Waals surface area contributed by atoms with Gasteiger partial charge in [0.15, 0.2) is 5.03 Å². The molecule has 0 radical (unpaired) electrons. The van der Waals surface area contributed by atoms with Crippen molar-refractivity contribution in [2.24, 2.45) is 0 Å². The van der Waals surface area contributed by atoms with Crippen LogP contribution in [0.4, 0.5) is 0 Å². The van der Waals surface area contributed by atoms with Crippen molar-refractivity contribution in [1.29, 1.82) is 0 Å². The molecule has 19 heavy (non-hydrogen) atoms. The minimum absolute atomic E-state index is 0.0552. The van der Waals surface area contributed by atoms with Gasteiger partial charge in [-0.2, -0.15) is 0 Å². The number of aromatic nitrogens is 1. The summed E-state index contributed by atoms with van der Waals surface area (Å²) in [4.78, 5) is 4.01. The highest BCUT2D eigenvalue weighted by atomic mass is 32.2.